The summed E-state index contributed by atoms with van der Waals surface area (Å²) in [7, 11) is 0. The molecule has 7 heteroatoms. The number of alkyl carbamates (subject to hydrolysis) is 1. The third-order valence-electron chi connectivity index (χ3n) is 3.18. The molecule has 116 valence electrons. The maximum Gasteiger partial charge on any atom is 0.407 e. The highest BCUT2D eigenvalue weighted by Gasteiger charge is 2.29. The minimum atomic E-state index is -0.943. The number of halogens is 1. The topological polar surface area (TPSA) is 75.6 Å². The number of amides is 1. The van der Waals surface area contributed by atoms with Gasteiger partial charge in [-0.2, -0.15) is 0 Å². The summed E-state index contributed by atoms with van der Waals surface area (Å²) in [6, 6.07) is -0.0823. The number of carbonyl (C=O) groups is 2. The molecule has 1 amide bonds. The molecule has 0 bridgehead atoms. The first-order valence-electron chi connectivity index (χ1n) is 6.70. The first-order chi connectivity index (χ1) is 9.67. The minimum Gasteiger partial charge on any atom is -0.477 e. The predicted octanol–water partition coefficient (Wildman–Crippen LogP) is 3.48. The van der Waals surface area contributed by atoms with Gasteiger partial charge in [-0.15, -0.1) is 11.3 Å². The maximum atomic E-state index is 11.8. The highest BCUT2D eigenvalue weighted by molar-refractivity contribution is 7.18. The van der Waals surface area contributed by atoms with E-state index in [9.17, 15) is 9.59 Å². The van der Waals surface area contributed by atoms with Gasteiger partial charge >= 0.3 is 12.1 Å². The maximum absolute atomic E-state index is 11.8. The van der Waals surface area contributed by atoms with E-state index in [1.807, 2.05) is 0 Å². The summed E-state index contributed by atoms with van der Waals surface area (Å²) in [6.07, 6.45) is 1.36. The summed E-state index contributed by atoms with van der Waals surface area (Å²) < 4.78 is 5.73. The minimum absolute atomic E-state index is 0.0823. The number of rotatable bonds is 2. The van der Waals surface area contributed by atoms with Crippen molar-refractivity contribution in [3.05, 3.63) is 20.3 Å². The van der Waals surface area contributed by atoms with Gasteiger partial charge in [-0.3, -0.25) is 0 Å². The summed E-state index contributed by atoms with van der Waals surface area (Å²) in [5.41, 5.74) is 1.10. The number of carboxylic acids is 1. The van der Waals surface area contributed by atoms with Crippen LogP contribution in [0, 0.1) is 0 Å². The van der Waals surface area contributed by atoms with Crippen LogP contribution in [-0.2, 0) is 17.6 Å². The number of hydrogen-bond donors (Lipinski definition) is 2. The van der Waals surface area contributed by atoms with Crippen LogP contribution in [0.3, 0.4) is 0 Å². The van der Waals surface area contributed by atoms with Gasteiger partial charge in [0.15, 0.2) is 0 Å². The smallest absolute Gasteiger partial charge is 0.407 e. The van der Waals surface area contributed by atoms with Crippen LogP contribution in [0.5, 0.6) is 0 Å². The van der Waals surface area contributed by atoms with E-state index in [4.69, 9.17) is 21.4 Å². The van der Waals surface area contributed by atoms with E-state index in [-0.39, 0.29) is 6.04 Å². The lowest BCUT2D eigenvalue weighted by Gasteiger charge is -2.26. The molecule has 0 saturated carbocycles. The van der Waals surface area contributed by atoms with E-state index in [1.54, 1.807) is 20.8 Å². The Bertz CT molecular complexity index is 576. The van der Waals surface area contributed by atoms with E-state index in [2.05, 4.69) is 5.32 Å². The number of nitrogens with one attached hydrogen (secondary N) is 1. The molecular weight excluding hydrogens is 314 g/mol. The third kappa shape index (κ3) is 3.89. The SMILES string of the molecule is CC(C)(C)OC(=O)NC1CCc2c(C(=O)O)sc(Cl)c2C1. The number of carboxylic acid groups (broad SMARTS) is 1. The molecule has 1 heterocycles. The predicted molar refractivity (Wildman–Crippen MR) is 81.5 cm³/mol. The molecule has 0 radical (unpaired) electrons. The summed E-state index contributed by atoms with van der Waals surface area (Å²) >= 11 is 7.22. The van der Waals surface area contributed by atoms with Crippen LogP contribution in [0.2, 0.25) is 4.34 Å². The monoisotopic (exact) mass is 331 g/mol. The first kappa shape index (κ1) is 16.1. The fraction of sp³-hybridized carbons (Fsp3) is 0.571. The van der Waals surface area contributed by atoms with Crippen molar-refractivity contribution in [1.82, 2.24) is 5.32 Å². The quantitative estimate of drug-likeness (QED) is 0.870. The zero-order valence-corrected chi connectivity index (χ0v) is 13.7. The molecule has 1 aliphatic carbocycles. The number of thiophene rings is 1. The van der Waals surface area contributed by atoms with Crippen LogP contribution in [0.1, 0.15) is 48.0 Å². The van der Waals surface area contributed by atoms with Crippen LogP contribution >= 0.6 is 22.9 Å². The van der Waals surface area contributed by atoms with E-state index in [0.29, 0.717) is 28.5 Å². The van der Waals surface area contributed by atoms with Crippen LogP contribution < -0.4 is 5.32 Å². The van der Waals surface area contributed by atoms with Crippen molar-refractivity contribution in [2.45, 2.75) is 51.7 Å². The van der Waals surface area contributed by atoms with Gasteiger partial charge in [-0.25, -0.2) is 9.59 Å². The van der Waals surface area contributed by atoms with Gasteiger partial charge < -0.3 is 15.2 Å². The van der Waals surface area contributed by atoms with Crippen molar-refractivity contribution >= 4 is 35.0 Å². The molecule has 0 spiro atoms. The first-order valence-corrected chi connectivity index (χ1v) is 7.89. The van der Waals surface area contributed by atoms with Gasteiger partial charge in [0.25, 0.3) is 0 Å². The van der Waals surface area contributed by atoms with Crippen LogP contribution in [0.25, 0.3) is 0 Å². The second-order valence-electron chi connectivity index (χ2n) is 6.05. The van der Waals surface area contributed by atoms with Crippen molar-refractivity contribution in [2.24, 2.45) is 0 Å². The molecule has 1 atom stereocenters. The number of aromatic carboxylic acids is 1. The highest BCUT2D eigenvalue weighted by atomic mass is 35.5. The second-order valence-corrected chi connectivity index (χ2v) is 7.68. The van der Waals surface area contributed by atoms with E-state index >= 15 is 0 Å². The second kappa shape index (κ2) is 5.85. The summed E-state index contributed by atoms with van der Waals surface area (Å²) in [4.78, 5) is 23.3. The number of carbonyl (C=O) groups excluding carboxylic acids is 1. The third-order valence-corrected chi connectivity index (χ3v) is 4.69. The molecule has 2 rings (SSSR count). The molecule has 0 fully saturated rings. The van der Waals surface area contributed by atoms with Gasteiger partial charge in [0, 0.05) is 6.04 Å². The van der Waals surface area contributed by atoms with Gasteiger partial charge in [-0.1, -0.05) is 11.6 Å². The Kier molecular flexibility index (Phi) is 4.49. The normalized spacial score (nSPS) is 18.0. The number of ether oxygens (including phenoxy) is 1. The zero-order valence-electron chi connectivity index (χ0n) is 12.2. The highest BCUT2D eigenvalue weighted by Crippen LogP contribution is 2.37. The molecular formula is C14H18ClNO4S. The van der Waals surface area contributed by atoms with Crippen LogP contribution in [0.15, 0.2) is 0 Å². The molecule has 1 aromatic heterocycles. The summed E-state index contributed by atoms with van der Waals surface area (Å²) in [6.45, 7) is 5.42. The number of hydrogen-bond acceptors (Lipinski definition) is 4. The average Bonchev–Trinajstić information content (AvgIpc) is 2.64. The summed E-state index contributed by atoms with van der Waals surface area (Å²) in [5, 5.41) is 12.0. The van der Waals surface area contributed by atoms with Gasteiger partial charge in [-0.05, 0) is 51.2 Å². The molecule has 0 aliphatic heterocycles. The van der Waals surface area contributed by atoms with Gasteiger partial charge in [0.05, 0.1) is 4.34 Å². The Hall–Kier alpha value is -1.27. The molecule has 1 aliphatic rings. The molecule has 1 unspecified atom stereocenters. The van der Waals surface area contributed by atoms with Gasteiger partial charge in [0.1, 0.15) is 10.5 Å². The van der Waals surface area contributed by atoms with Crippen molar-refractivity contribution in [2.75, 3.05) is 0 Å². The Labute approximate surface area is 132 Å². The van der Waals surface area contributed by atoms with Crippen LogP contribution in [0.4, 0.5) is 4.79 Å². The van der Waals surface area contributed by atoms with E-state index in [1.165, 1.54) is 0 Å². The molecule has 21 heavy (non-hydrogen) atoms. The van der Waals surface area contributed by atoms with Crippen molar-refractivity contribution in [1.29, 1.82) is 0 Å². The average molecular weight is 332 g/mol. The molecule has 0 aromatic carbocycles. The van der Waals surface area contributed by atoms with Crippen molar-refractivity contribution in [3.63, 3.8) is 0 Å². The Morgan fingerprint density at radius 2 is 2.05 bits per heavy atom. The fourth-order valence-electron chi connectivity index (χ4n) is 2.37. The van der Waals surface area contributed by atoms with Gasteiger partial charge in [0.2, 0.25) is 0 Å². The van der Waals surface area contributed by atoms with E-state index < -0.39 is 17.7 Å². The Morgan fingerprint density at radius 1 is 1.38 bits per heavy atom. The lowest BCUT2D eigenvalue weighted by molar-refractivity contribution is 0.0499. The lowest BCUT2D eigenvalue weighted by Crippen LogP contribution is -2.41. The molecule has 1 aromatic rings. The van der Waals surface area contributed by atoms with Crippen molar-refractivity contribution in [3.8, 4) is 0 Å². The van der Waals surface area contributed by atoms with E-state index in [0.717, 1.165) is 22.5 Å². The standard InChI is InChI=1S/C14H18ClNO4S/c1-14(2,3)20-13(19)16-7-4-5-8-9(6-7)11(15)21-10(8)12(17)18/h7H,4-6H2,1-3H3,(H,16,19)(H,17,18). The largest absolute Gasteiger partial charge is 0.477 e. The molecule has 2 N–H and O–H groups in total. The molecule has 5 nitrogen and oxygen atoms in total. The number of fused-ring (bicyclic) bond motifs is 1. The fourth-order valence-corrected chi connectivity index (χ4v) is 3.74. The Balaban J connectivity index is 2.07. The van der Waals surface area contributed by atoms with Crippen molar-refractivity contribution < 1.29 is 19.4 Å². The summed E-state index contributed by atoms with van der Waals surface area (Å²) in [5.74, 6) is -0.943. The lowest BCUT2D eigenvalue weighted by atomic mass is 9.90. The molecule has 0 saturated heterocycles. The zero-order chi connectivity index (χ0) is 15.8. The van der Waals surface area contributed by atoms with Crippen LogP contribution in [-0.4, -0.2) is 28.8 Å². The Morgan fingerprint density at radius 3 is 2.62 bits per heavy atom.